The van der Waals surface area contributed by atoms with Crippen molar-refractivity contribution in [2.75, 3.05) is 18.2 Å². The van der Waals surface area contributed by atoms with Crippen LogP contribution in [0, 0.1) is 0 Å². The van der Waals surface area contributed by atoms with E-state index in [1.165, 1.54) is 43.1 Å². The molecule has 0 bridgehead atoms. The van der Waals surface area contributed by atoms with E-state index in [1.807, 2.05) is 0 Å². The molecule has 2 rings (SSSR count). The topological polar surface area (TPSA) is 84.5 Å². The minimum atomic E-state index is -2.50. The highest BCUT2D eigenvalue weighted by molar-refractivity contribution is 8.00. The molecule has 2 N–H and O–H groups in total. The van der Waals surface area contributed by atoms with Crippen LogP contribution in [-0.2, 0) is 19.1 Å². The molecule has 2 unspecified atom stereocenters. The average molecular weight is 390 g/mol. The summed E-state index contributed by atoms with van der Waals surface area (Å²) in [4.78, 5) is 35.8. The van der Waals surface area contributed by atoms with Gasteiger partial charge in [0.05, 0.1) is 12.4 Å². The number of esters is 1. The number of amides is 2. The first kappa shape index (κ1) is 19.5. The Kier molecular flexibility index (Phi) is 7.06. The fourth-order valence-electron chi connectivity index (χ4n) is 2.12. The van der Waals surface area contributed by atoms with Crippen molar-refractivity contribution in [3.05, 3.63) is 24.3 Å². The summed E-state index contributed by atoms with van der Waals surface area (Å²) >= 11 is 1.63. The quantitative estimate of drug-likeness (QED) is 0.572. The van der Waals surface area contributed by atoms with Gasteiger partial charge in [-0.3, -0.25) is 9.59 Å². The smallest absolute Gasteiger partial charge is 0.329 e. The van der Waals surface area contributed by atoms with Crippen molar-refractivity contribution in [3.63, 3.8) is 0 Å². The number of anilines is 1. The Balaban J connectivity index is 1.84. The molecule has 0 aromatic heterocycles. The summed E-state index contributed by atoms with van der Waals surface area (Å²) in [5.74, 6) is -3.47. The second-order valence-electron chi connectivity index (χ2n) is 5.06. The zero-order chi connectivity index (χ0) is 18.4. The molecule has 1 heterocycles. The van der Waals surface area contributed by atoms with E-state index < -0.39 is 28.9 Å². The van der Waals surface area contributed by atoms with Crippen molar-refractivity contribution >= 4 is 47.0 Å². The summed E-state index contributed by atoms with van der Waals surface area (Å²) in [6, 6.07) is 5.29. The first-order valence-electron chi connectivity index (χ1n) is 7.23. The third-order valence-corrected chi connectivity index (χ3v) is 5.32. The van der Waals surface area contributed by atoms with E-state index in [1.54, 1.807) is 0 Å². The van der Waals surface area contributed by atoms with Crippen LogP contribution in [0.2, 0.25) is 0 Å². The fraction of sp³-hybridized carbons (Fsp3) is 0.400. The lowest BCUT2D eigenvalue weighted by molar-refractivity contribution is -0.144. The van der Waals surface area contributed by atoms with Crippen LogP contribution in [0.25, 0.3) is 0 Å². The van der Waals surface area contributed by atoms with Gasteiger partial charge in [-0.1, -0.05) is 11.8 Å². The molecule has 2 atom stereocenters. The van der Waals surface area contributed by atoms with Gasteiger partial charge in [0.25, 0.3) is 5.76 Å². The zero-order valence-corrected chi connectivity index (χ0v) is 14.8. The number of benzene rings is 1. The number of hydrogen-bond donors (Lipinski definition) is 2. The minimum Gasteiger partial charge on any atom is -0.467 e. The summed E-state index contributed by atoms with van der Waals surface area (Å²) in [6.45, 7) is 0. The Bertz CT molecular complexity index is 643. The second-order valence-corrected chi connectivity index (χ2v) is 7.36. The molecule has 10 heteroatoms. The van der Waals surface area contributed by atoms with E-state index in [4.69, 9.17) is 0 Å². The predicted octanol–water partition coefficient (Wildman–Crippen LogP) is 2.10. The maximum absolute atomic E-state index is 12.3. The highest BCUT2D eigenvalue weighted by atomic mass is 32.2. The lowest BCUT2D eigenvalue weighted by Crippen LogP contribution is -2.51. The Hall–Kier alpha value is -1.81. The maximum atomic E-state index is 12.3. The van der Waals surface area contributed by atoms with Crippen molar-refractivity contribution in [1.82, 2.24) is 5.32 Å². The molecule has 0 spiro atoms. The number of nitrogens with one attached hydrogen (secondary N) is 2. The van der Waals surface area contributed by atoms with Crippen molar-refractivity contribution in [2.45, 2.75) is 28.4 Å². The van der Waals surface area contributed by atoms with Crippen LogP contribution in [0.3, 0.4) is 0 Å². The molecular weight excluding hydrogens is 374 g/mol. The number of carbonyl (C=O) groups is 3. The number of thioether (sulfide) groups is 2. The van der Waals surface area contributed by atoms with Crippen LogP contribution in [0.1, 0.15) is 6.42 Å². The van der Waals surface area contributed by atoms with Crippen LogP contribution >= 0.6 is 23.5 Å². The van der Waals surface area contributed by atoms with Crippen molar-refractivity contribution in [3.8, 4) is 0 Å². The van der Waals surface area contributed by atoms with E-state index >= 15 is 0 Å². The molecule has 1 saturated heterocycles. The molecular formula is C15H16F2N2O4S2. The van der Waals surface area contributed by atoms with Gasteiger partial charge in [0, 0.05) is 22.8 Å². The third-order valence-electron chi connectivity index (χ3n) is 3.29. The molecule has 136 valence electrons. The summed E-state index contributed by atoms with van der Waals surface area (Å²) < 4.78 is 29.1. The van der Waals surface area contributed by atoms with Crippen molar-refractivity contribution in [2.24, 2.45) is 0 Å². The Morgan fingerprint density at radius 3 is 2.64 bits per heavy atom. The van der Waals surface area contributed by atoms with Crippen LogP contribution in [-0.4, -0.2) is 47.7 Å². The van der Waals surface area contributed by atoms with Crippen LogP contribution in [0.15, 0.2) is 29.2 Å². The molecule has 6 nitrogen and oxygen atoms in total. The van der Waals surface area contributed by atoms with E-state index in [0.29, 0.717) is 28.1 Å². The predicted molar refractivity (Wildman–Crippen MR) is 91.7 cm³/mol. The van der Waals surface area contributed by atoms with Gasteiger partial charge >= 0.3 is 5.97 Å². The van der Waals surface area contributed by atoms with Crippen molar-refractivity contribution < 1.29 is 27.9 Å². The highest BCUT2D eigenvalue weighted by Crippen LogP contribution is 2.26. The number of rotatable bonds is 6. The van der Waals surface area contributed by atoms with Gasteiger partial charge in [-0.2, -0.15) is 8.78 Å². The van der Waals surface area contributed by atoms with Gasteiger partial charge < -0.3 is 15.4 Å². The van der Waals surface area contributed by atoms with Crippen LogP contribution in [0.4, 0.5) is 14.5 Å². The third kappa shape index (κ3) is 5.89. The molecule has 1 fully saturated rings. The first-order chi connectivity index (χ1) is 11.9. The standard InChI is InChI=1S/C15H16F2N2O4S2/c1-23-14(22)10-7-24-11(13(21)19-10)6-12(20)18-8-2-4-9(5-3-8)25-15(16)17/h2-5,10-11,15H,6-7H2,1H3,(H,18,20)(H,19,21). The molecule has 0 saturated carbocycles. The monoisotopic (exact) mass is 390 g/mol. The van der Waals surface area contributed by atoms with Gasteiger partial charge in [0.1, 0.15) is 6.04 Å². The number of ether oxygens (including phenoxy) is 1. The number of halogens is 2. The molecule has 25 heavy (non-hydrogen) atoms. The first-order valence-corrected chi connectivity index (χ1v) is 9.16. The van der Waals surface area contributed by atoms with Crippen LogP contribution in [0.5, 0.6) is 0 Å². The van der Waals surface area contributed by atoms with E-state index in [2.05, 4.69) is 15.4 Å². The van der Waals surface area contributed by atoms with Gasteiger partial charge in [0.2, 0.25) is 11.8 Å². The highest BCUT2D eigenvalue weighted by Gasteiger charge is 2.34. The number of methoxy groups -OCH3 is 1. The second kappa shape index (κ2) is 9.04. The summed E-state index contributed by atoms with van der Waals surface area (Å²) in [5.41, 5.74) is 0.456. The molecule has 2 amide bonds. The lowest BCUT2D eigenvalue weighted by atomic mass is 10.2. The summed E-state index contributed by atoms with van der Waals surface area (Å²) in [7, 11) is 1.24. The SMILES string of the molecule is COC(=O)C1CSC(CC(=O)Nc2ccc(SC(F)F)cc2)C(=O)N1. The van der Waals surface area contributed by atoms with E-state index in [0.717, 1.165) is 0 Å². The van der Waals surface area contributed by atoms with Gasteiger partial charge in [-0.05, 0) is 24.3 Å². The molecule has 1 aliphatic rings. The lowest BCUT2D eigenvalue weighted by Gasteiger charge is -2.26. The zero-order valence-electron chi connectivity index (χ0n) is 13.2. The van der Waals surface area contributed by atoms with Crippen LogP contribution < -0.4 is 10.6 Å². The molecule has 1 aromatic rings. The summed E-state index contributed by atoms with van der Waals surface area (Å²) in [6.07, 6.45) is -0.0576. The Morgan fingerprint density at radius 1 is 1.40 bits per heavy atom. The number of alkyl halides is 2. The molecule has 1 aromatic carbocycles. The normalized spacial score (nSPS) is 20.1. The fourth-order valence-corrected chi connectivity index (χ4v) is 3.75. The number of carbonyl (C=O) groups excluding carboxylic acids is 3. The maximum Gasteiger partial charge on any atom is 0.329 e. The largest absolute Gasteiger partial charge is 0.467 e. The molecule has 0 aliphatic carbocycles. The Labute approximate surface area is 151 Å². The van der Waals surface area contributed by atoms with Gasteiger partial charge in [0.15, 0.2) is 0 Å². The van der Waals surface area contributed by atoms with Gasteiger partial charge in [-0.25, -0.2) is 4.79 Å². The molecule has 0 radical (unpaired) electrons. The number of hydrogen-bond acceptors (Lipinski definition) is 6. The average Bonchev–Trinajstić information content (AvgIpc) is 2.57. The van der Waals surface area contributed by atoms with E-state index in [-0.39, 0.29) is 12.3 Å². The molecule has 1 aliphatic heterocycles. The Morgan fingerprint density at radius 2 is 2.08 bits per heavy atom. The van der Waals surface area contributed by atoms with Crippen molar-refractivity contribution in [1.29, 1.82) is 0 Å². The summed E-state index contributed by atoms with van der Waals surface area (Å²) in [5, 5.41) is 4.54. The van der Waals surface area contributed by atoms with Gasteiger partial charge in [-0.15, -0.1) is 11.8 Å². The minimum absolute atomic E-state index is 0.0576. The van der Waals surface area contributed by atoms with E-state index in [9.17, 15) is 23.2 Å².